The van der Waals surface area contributed by atoms with Crippen LogP contribution >= 0.6 is 0 Å². The first-order valence-electron chi connectivity index (χ1n) is 8.35. The minimum atomic E-state index is 0.0336. The molecule has 0 atom stereocenters. The monoisotopic (exact) mass is 333 g/mol. The number of carbonyl (C=O) groups excluding carboxylic acids is 1. The summed E-state index contributed by atoms with van der Waals surface area (Å²) in [5, 5.41) is 4.70. The Morgan fingerprint density at radius 2 is 1.88 bits per heavy atom. The van der Waals surface area contributed by atoms with E-state index in [1.807, 2.05) is 65.7 Å². The highest BCUT2D eigenvalue weighted by Crippen LogP contribution is 2.28. The van der Waals surface area contributed by atoms with Crippen molar-refractivity contribution in [3.8, 4) is 22.7 Å². The summed E-state index contributed by atoms with van der Waals surface area (Å²) in [6.45, 7) is 1.62. The smallest absolute Gasteiger partial charge is 0.257 e. The standard InChI is InChI=1S/C20H19N3O2/c1-25-17-10-5-7-15(13-17)19-18(20(24)22-11-6-12-22)14-23(21-19)16-8-3-2-4-9-16/h2-5,7-10,13-14H,6,11-12H2,1H3. The van der Waals surface area contributed by atoms with E-state index >= 15 is 0 Å². The lowest BCUT2D eigenvalue weighted by Gasteiger charge is -2.30. The highest BCUT2D eigenvalue weighted by atomic mass is 16.5. The Morgan fingerprint density at radius 1 is 1.08 bits per heavy atom. The van der Waals surface area contributed by atoms with E-state index in [1.165, 1.54) is 0 Å². The molecule has 0 unspecified atom stereocenters. The lowest BCUT2D eigenvalue weighted by Crippen LogP contribution is -2.42. The molecule has 1 aromatic heterocycles. The summed E-state index contributed by atoms with van der Waals surface area (Å²) in [7, 11) is 1.63. The number of rotatable bonds is 4. The molecule has 126 valence electrons. The molecular weight excluding hydrogens is 314 g/mol. The summed E-state index contributed by atoms with van der Waals surface area (Å²) in [6, 6.07) is 17.5. The van der Waals surface area contributed by atoms with Gasteiger partial charge in [-0.3, -0.25) is 4.79 Å². The minimum Gasteiger partial charge on any atom is -0.497 e. The molecule has 5 nitrogen and oxygen atoms in total. The minimum absolute atomic E-state index is 0.0336. The van der Waals surface area contributed by atoms with Gasteiger partial charge in [0.05, 0.1) is 18.4 Å². The van der Waals surface area contributed by atoms with Gasteiger partial charge in [0.15, 0.2) is 0 Å². The molecule has 1 saturated heterocycles. The first kappa shape index (κ1) is 15.4. The number of hydrogen-bond acceptors (Lipinski definition) is 3. The molecule has 0 aliphatic carbocycles. The maximum absolute atomic E-state index is 12.9. The summed E-state index contributed by atoms with van der Waals surface area (Å²) in [4.78, 5) is 14.7. The third-order valence-electron chi connectivity index (χ3n) is 4.45. The van der Waals surface area contributed by atoms with Gasteiger partial charge in [0.2, 0.25) is 0 Å². The fourth-order valence-corrected chi connectivity index (χ4v) is 2.92. The van der Waals surface area contributed by atoms with E-state index in [4.69, 9.17) is 9.84 Å². The lowest BCUT2D eigenvalue weighted by molar-refractivity contribution is 0.0652. The molecule has 4 rings (SSSR count). The van der Waals surface area contributed by atoms with Crippen molar-refractivity contribution in [3.05, 3.63) is 66.4 Å². The van der Waals surface area contributed by atoms with E-state index in [2.05, 4.69) is 0 Å². The van der Waals surface area contributed by atoms with Crippen molar-refractivity contribution < 1.29 is 9.53 Å². The van der Waals surface area contributed by atoms with Crippen molar-refractivity contribution in [3.63, 3.8) is 0 Å². The van der Waals surface area contributed by atoms with Crippen LogP contribution in [-0.2, 0) is 0 Å². The van der Waals surface area contributed by atoms with Gasteiger partial charge >= 0.3 is 0 Å². The second kappa shape index (κ2) is 6.43. The topological polar surface area (TPSA) is 47.4 Å². The molecular formula is C20H19N3O2. The van der Waals surface area contributed by atoms with Crippen LogP contribution in [0, 0.1) is 0 Å². The number of carbonyl (C=O) groups is 1. The predicted molar refractivity (Wildman–Crippen MR) is 96.1 cm³/mol. The number of amides is 1. The van der Waals surface area contributed by atoms with Crippen LogP contribution in [0.25, 0.3) is 16.9 Å². The molecule has 1 aliphatic heterocycles. The normalized spacial score (nSPS) is 13.4. The molecule has 0 radical (unpaired) electrons. The van der Waals surface area contributed by atoms with Crippen LogP contribution in [0.15, 0.2) is 60.8 Å². The average Bonchev–Trinajstić information content (AvgIpc) is 3.06. The van der Waals surface area contributed by atoms with E-state index in [9.17, 15) is 4.79 Å². The Kier molecular flexibility index (Phi) is 3.98. The molecule has 1 amide bonds. The number of likely N-dealkylation sites (tertiary alicyclic amines) is 1. The molecule has 0 N–H and O–H groups in total. The van der Waals surface area contributed by atoms with Crippen molar-refractivity contribution in [1.29, 1.82) is 0 Å². The van der Waals surface area contributed by atoms with Crippen molar-refractivity contribution in [2.24, 2.45) is 0 Å². The van der Waals surface area contributed by atoms with E-state index in [0.29, 0.717) is 11.3 Å². The highest BCUT2D eigenvalue weighted by Gasteiger charge is 2.27. The predicted octanol–water partition coefficient (Wildman–Crippen LogP) is 3.39. The molecule has 1 aliphatic rings. The molecule has 2 heterocycles. The molecule has 25 heavy (non-hydrogen) atoms. The molecule has 5 heteroatoms. The second-order valence-corrected chi connectivity index (χ2v) is 6.05. The van der Waals surface area contributed by atoms with Crippen LogP contribution in [0.4, 0.5) is 0 Å². The summed E-state index contributed by atoms with van der Waals surface area (Å²) < 4.78 is 7.08. The van der Waals surface area contributed by atoms with Crippen molar-refractivity contribution in [2.75, 3.05) is 20.2 Å². The van der Waals surface area contributed by atoms with Gasteiger partial charge < -0.3 is 9.64 Å². The average molecular weight is 333 g/mol. The first-order valence-corrected chi connectivity index (χ1v) is 8.35. The Bertz CT molecular complexity index is 898. The van der Waals surface area contributed by atoms with E-state index in [0.717, 1.165) is 36.5 Å². The third kappa shape index (κ3) is 2.89. The Balaban J connectivity index is 1.82. The van der Waals surface area contributed by atoms with Gasteiger partial charge in [0.1, 0.15) is 11.4 Å². The van der Waals surface area contributed by atoms with Crippen molar-refractivity contribution >= 4 is 5.91 Å². The van der Waals surface area contributed by atoms with Crippen LogP contribution in [0.2, 0.25) is 0 Å². The van der Waals surface area contributed by atoms with Crippen molar-refractivity contribution in [2.45, 2.75) is 6.42 Å². The SMILES string of the molecule is COc1cccc(-c2nn(-c3ccccc3)cc2C(=O)N2CCC2)c1. The van der Waals surface area contributed by atoms with E-state index in [1.54, 1.807) is 11.8 Å². The zero-order chi connectivity index (χ0) is 17.2. The zero-order valence-electron chi connectivity index (χ0n) is 14.1. The van der Waals surface area contributed by atoms with E-state index in [-0.39, 0.29) is 5.91 Å². The van der Waals surface area contributed by atoms with Crippen LogP contribution < -0.4 is 4.74 Å². The number of aromatic nitrogens is 2. The number of benzene rings is 2. The number of hydrogen-bond donors (Lipinski definition) is 0. The van der Waals surface area contributed by atoms with Crippen LogP contribution in [0.5, 0.6) is 5.75 Å². The molecule has 3 aromatic rings. The van der Waals surface area contributed by atoms with E-state index < -0.39 is 0 Å². The number of para-hydroxylation sites is 1. The highest BCUT2D eigenvalue weighted by molar-refractivity contribution is 6.00. The number of methoxy groups -OCH3 is 1. The zero-order valence-corrected chi connectivity index (χ0v) is 14.1. The molecule has 0 bridgehead atoms. The second-order valence-electron chi connectivity index (χ2n) is 6.05. The van der Waals surface area contributed by atoms with Gasteiger partial charge in [-0.25, -0.2) is 4.68 Å². The maximum atomic E-state index is 12.9. The summed E-state index contributed by atoms with van der Waals surface area (Å²) >= 11 is 0. The number of nitrogens with zero attached hydrogens (tertiary/aromatic N) is 3. The Hall–Kier alpha value is -3.08. The Labute approximate surface area is 146 Å². The fourth-order valence-electron chi connectivity index (χ4n) is 2.92. The Morgan fingerprint density at radius 3 is 2.56 bits per heavy atom. The molecule has 0 spiro atoms. The summed E-state index contributed by atoms with van der Waals surface area (Å²) in [6.07, 6.45) is 2.89. The molecule has 2 aromatic carbocycles. The van der Waals surface area contributed by atoms with Gasteiger partial charge in [0.25, 0.3) is 5.91 Å². The van der Waals surface area contributed by atoms with Gasteiger partial charge in [-0.2, -0.15) is 5.10 Å². The van der Waals surface area contributed by atoms with Crippen LogP contribution in [0.1, 0.15) is 16.8 Å². The molecule has 0 saturated carbocycles. The van der Waals surface area contributed by atoms with Crippen molar-refractivity contribution in [1.82, 2.24) is 14.7 Å². The van der Waals surface area contributed by atoms with Gasteiger partial charge in [-0.15, -0.1) is 0 Å². The summed E-state index contributed by atoms with van der Waals surface area (Å²) in [5.74, 6) is 0.778. The third-order valence-corrected chi connectivity index (χ3v) is 4.45. The number of ether oxygens (including phenoxy) is 1. The first-order chi connectivity index (χ1) is 12.3. The molecule has 1 fully saturated rings. The lowest BCUT2D eigenvalue weighted by atomic mass is 10.1. The van der Waals surface area contributed by atoms with Crippen LogP contribution in [0.3, 0.4) is 0 Å². The maximum Gasteiger partial charge on any atom is 0.257 e. The quantitative estimate of drug-likeness (QED) is 0.735. The van der Waals surface area contributed by atoms with Gasteiger partial charge in [-0.05, 0) is 30.7 Å². The fraction of sp³-hybridized carbons (Fsp3) is 0.200. The summed E-state index contributed by atoms with van der Waals surface area (Å²) in [5.41, 5.74) is 3.10. The van der Waals surface area contributed by atoms with Gasteiger partial charge in [-0.1, -0.05) is 30.3 Å². The van der Waals surface area contributed by atoms with Crippen LogP contribution in [-0.4, -0.2) is 40.8 Å². The largest absolute Gasteiger partial charge is 0.497 e. The van der Waals surface area contributed by atoms with Gasteiger partial charge in [0, 0.05) is 24.8 Å².